The zero-order chi connectivity index (χ0) is 27.4. The molecule has 4 rings (SSSR count). The quantitative estimate of drug-likeness (QED) is 0.151. The lowest BCUT2D eigenvalue weighted by Gasteiger charge is -2.42. The molecule has 3 unspecified atom stereocenters. The number of ether oxygens (including phenoxy) is 2. The van der Waals surface area contributed by atoms with Gasteiger partial charge in [0.2, 0.25) is 11.8 Å². The minimum absolute atomic E-state index is 0.0746. The van der Waals surface area contributed by atoms with Gasteiger partial charge >= 0.3 is 5.97 Å². The maximum absolute atomic E-state index is 14.5. The van der Waals surface area contributed by atoms with Crippen molar-refractivity contribution in [2.24, 2.45) is 11.8 Å². The summed E-state index contributed by atoms with van der Waals surface area (Å²) in [5, 5.41) is 10.3. The summed E-state index contributed by atoms with van der Waals surface area (Å²) in [4.78, 5) is 45.3. The van der Waals surface area contributed by atoms with Gasteiger partial charge in [-0.15, -0.1) is 13.2 Å². The van der Waals surface area contributed by atoms with Gasteiger partial charge in [-0.05, 0) is 44.9 Å². The van der Waals surface area contributed by atoms with Gasteiger partial charge in [0.1, 0.15) is 11.6 Å². The number of nitrogens with zero attached hydrogens (tertiary/aromatic N) is 2. The van der Waals surface area contributed by atoms with E-state index in [2.05, 4.69) is 29.1 Å². The molecule has 9 heteroatoms. The van der Waals surface area contributed by atoms with Gasteiger partial charge < -0.3 is 24.4 Å². The molecule has 2 amide bonds. The Bertz CT molecular complexity index is 903. The second-order valence-electron chi connectivity index (χ2n) is 11.2. The molecule has 0 radical (unpaired) electrons. The maximum Gasteiger partial charge on any atom is 0.312 e. The second kappa shape index (κ2) is 12.6. The van der Waals surface area contributed by atoms with Crippen molar-refractivity contribution in [3.63, 3.8) is 0 Å². The number of amides is 2. The first-order chi connectivity index (χ1) is 18.4. The summed E-state index contributed by atoms with van der Waals surface area (Å²) in [5.74, 6) is -2.51. The Kier molecular flexibility index (Phi) is 9.74. The number of carbonyl (C=O) groups excluding carboxylic acids is 3. The molecule has 0 aromatic rings. The normalized spacial score (nSPS) is 33.2. The predicted molar refractivity (Wildman–Crippen MR) is 148 cm³/mol. The number of esters is 1. The molecule has 7 atom stereocenters. The number of hydrogen-bond acceptors (Lipinski definition) is 6. The average molecular weight is 596 g/mol. The fraction of sp³-hybridized carbons (Fsp3) is 0.759. The first-order valence-corrected chi connectivity index (χ1v) is 15.2. The molecule has 3 aliphatic heterocycles. The molecule has 8 nitrogen and oxygen atoms in total. The SMILES string of the molecule is C=CCCCCOC(=O)[C@H]1[C@@H]2OC3(CC2Br)C(C(=O)N(CC=C)C2CCCCC2)N([C@@H](CC)CO)C(=O)[C@H]13. The minimum Gasteiger partial charge on any atom is -0.465 e. The number of rotatable bonds is 13. The van der Waals surface area contributed by atoms with E-state index in [0.717, 1.165) is 44.9 Å². The molecule has 0 aromatic heterocycles. The van der Waals surface area contributed by atoms with E-state index in [9.17, 15) is 19.5 Å². The largest absolute Gasteiger partial charge is 0.465 e. The van der Waals surface area contributed by atoms with Gasteiger partial charge in [-0.25, -0.2) is 0 Å². The van der Waals surface area contributed by atoms with E-state index in [1.54, 1.807) is 11.0 Å². The molecule has 3 saturated heterocycles. The minimum atomic E-state index is -1.14. The van der Waals surface area contributed by atoms with Crippen molar-refractivity contribution in [1.82, 2.24) is 9.80 Å². The molecule has 1 aliphatic carbocycles. The highest BCUT2D eigenvalue weighted by molar-refractivity contribution is 9.09. The first-order valence-electron chi connectivity index (χ1n) is 14.3. The number of aliphatic hydroxyl groups is 1. The summed E-state index contributed by atoms with van der Waals surface area (Å²) in [5.41, 5.74) is -1.14. The van der Waals surface area contributed by atoms with Gasteiger partial charge in [-0.2, -0.15) is 0 Å². The Morgan fingerprint density at radius 3 is 2.63 bits per heavy atom. The number of carbonyl (C=O) groups is 3. The molecule has 4 aliphatic rings. The molecule has 0 aromatic carbocycles. The Morgan fingerprint density at radius 1 is 1.26 bits per heavy atom. The van der Waals surface area contributed by atoms with E-state index < -0.39 is 41.6 Å². The van der Waals surface area contributed by atoms with Crippen LogP contribution in [0.2, 0.25) is 0 Å². The van der Waals surface area contributed by atoms with E-state index in [0.29, 0.717) is 25.8 Å². The van der Waals surface area contributed by atoms with Gasteiger partial charge in [0.05, 0.1) is 37.2 Å². The second-order valence-corrected chi connectivity index (χ2v) is 12.4. The van der Waals surface area contributed by atoms with Crippen molar-refractivity contribution in [3.05, 3.63) is 25.3 Å². The van der Waals surface area contributed by atoms with E-state index in [4.69, 9.17) is 9.47 Å². The Balaban J connectivity index is 1.68. The number of halogens is 1. The summed E-state index contributed by atoms with van der Waals surface area (Å²) in [7, 11) is 0. The van der Waals surface area contributed by atoms with Crippen LogP contribution in [0.15, 0.2) is 25.3 Å². The third-order valence-electron chi connectivity index (χ3n) is 8.98. The zero-order valence-electron chi connectivity index (χ0n) is 22.6. The van der Waals surface area contributed by atoms with Crippen molar-refractivity contribution in [2.75, 3.05) is 19.8 Å². The van der Waals surface area contributed by atoms with Crippen molar-refractivity contribution in [3.8, 4) is 0 Å². The third kappa shape index (κ3) is 5.10. The Hall–Kier alpha value is -1.71. The number of unbranched alkanes of at least 4 members (excludes halogenated alkanes) is 2. The predicted octanol–water partition coefficient (Wildman–Crippen LogP) is 3.75. The van der Waals surface area contributed by atoms with Crippen LogP contribution in [-0.4, -0.2) is 87.1 Å². The van der Waals surface area contributed by atoms with E-state index in [-0.39, 0.29) is 35.9 Å². The van der Waals surface area contributed by atoms with Crippen LogP contribution in [0, 0.1) is 11.8 Å². The topological polar surface area (TPSA) is 96.4 Å². The van der Waals surface area contributed by atoms with Crippen LogP contribution in [0.4, 0.5) is 0 Å². The highest BCUT2D eigenvalue weighted by atomic mass is 79.9. The van der Waals surface area contributed by atoms with E-state index in [1.807, 2.05) is 17.9 Å². The zero-order valence-corrected chi connectivity index (χ0v) is 24.1. The van der Waals surface area contributed by atoms with E-state index >= 15 is 0 Å². The highest BCUT2D eigenvalue weighted by Gasteiger charge is 2.77. The lowest BCUT2D eigenvalue weighted by Crippen LogP contribution is -2.60. The van der Waals surface area contributed by atoms with Crippen LogP contribution in [0.1, 0.15) is 71.1 Å². The van der Waals surface area contributed by atoms with Crippen LogP contribution in [0.5, 0.6) is 0 Å². The molecular formula is C29H43BrN2O6. The van der Waals surface area contributed by atoms with Crippen LogP contribution >= 0.6 is 15.9 Å². The number of fused-ring (bicyclic) bond motifs is 1. The maximum atomic E-state index is 14.5. The van der Waals surface area contributed by atoms with Gasteiger partial charge in [0, 0.05) is 17.4 Å². The lowest BCUT2D eigenvalue weighted by atomic mass is 9.70. The van der Waals surface area contributed by atoms with Crippen LogP contribution in [-0.2, 0) is 23.9 Å². The number of likely N-dealkylation sites (tertiary alicyclic amines) is 1. The summed E-state index contributed by atoms with van der Waals surface area (Å²) >= 11 is 3.71. The lowest BCUT2D eigenvalue weighted by molar-refractivity contribution is -0.157. The Morgan fingerprint density at radius 2 is 2.00 bits per heavy atom. The summed E-state index contributed by atoms with van der Waals surface area (Å²) < 4.78 is 12.2. The van der Waals surface area contributed by atoms with Crippen molar-refractivity contribution >= 4 is 33.7 Å². The number of allylic oxidation sites excluding steroid dienone is 1. The summed E-state index contributed by atoms with van der Waals surface area (Å²) in [6.45, 7) is 9.90. The molecule has 1 spiro atoms. The molecule has 3 heterocycles. The monoisotopic (exact) mass is 594 g/mol. The molecule has 1 saturated carbocycles. The molecular weight excluding hydrogens is 552 g/mol. The molecule has 1 N–H and O–H groups in total. The smallest absolute Gasteiger partial charge is 0.312 e. The standard InChI is InChI=1S/C29H43BrN2O6/c1-4-7-8-12-16-37-28(36)22-23-26(34)32(19(6-3)18-33)25(29(23)17-21(30)24(22)38-29)27(35)31(15-5-2)20-13-10-9-11-14-20/h4-5,19-25,33H,1-2,6-18H2,3H3/t19-,21?,22+,23-,24+,25?,29?/m0/s1. The summed E-state index contributed by atoms with van der Waals surface area (Å²) in [6.07, 6.45) is 11.5. The molecule has 2 bridgehead atoms. The van der Waals surface area contributed by atoms with Gasteiger partial charge in [0.25, 0.3) is 0 Å². The first kappa shape index (κ1) is 29.3. The van der Waals surface area contributed by atoms with Gasteiger partial charge in [0.15, 0.2) is 0 Å². The van der Waals surface area contributed by atoms with Gasteiger partial charge in [-0.3, -0.25) is 14.4 Å². The van der Waals surface area contributed by atoms with Crippen LogP contribution in [0.3, 0.4) is 0 Å². The van der Waals surface area contributed by atoms with Crippen LogP contribution in [0.25, 0.3) is 0 Å². The number of hydrogen-bond donors (Lipinski definition) is 1. The third-order valence-corrected chi connectivity index (χ3v) is 9.82. The van der Waals surface area contributed by atoms with Crippen molar-refractivity contribution < 1.29 is 29.0 Å². The summed E-state index contributed by atoms with van der Waals surface area (Å²) in [6, 6.07) is -1.37. The number of aliphatic hydroxyl groups excluding tert-OH is 1. The Labute approximate surface area is 234 Å². The average Bonchev–Trinajstić information content (AvgIpc) is 3.51. The van der Waals surface area contributed by atoms with Crippen molar-refractivity contribution in [2.45, 2.75) is 106 Å². The fourth-order valence-corrected chi connectivity index (χ4v) is 8.13. The van der Waals surface area contributed by atoms with Gasteiger partial charge in [-0.1, -0.05) is 54.3 Å². The molecule has 38 heavy (non-hydrogen) atoms. The van der Waals surface area contributed by atoms with Crippen molar-refractivity contribution in [1.29, 1.82) is 0 Å². The van der Waals surface area contributed by atoms with Crippen LogP contribution < -0.4 is 0 Å². The van der Waals surface area contributed by atoms with E-state index in [1.165, 1.54) is 0 Å². The fourth-order valence-electron chi connectivity index (χ4n) is 7.19. The molecule has 4 fully saturated rings. The number of alkyl halides is 1. The molecule has 212 valence electrons. The highest BCUT2D eigenvalue weighted by Crippen LogP contribution is 2.61.